The van der Waals surface area contributed by atoms with Crippen LogP contribution in [0.2, 0.25) is 0 Å². The lowest BCUT2D eigenvalue weighted by Crippen LogP contribution is -2.36. The first kappa shape index (κ1) is 104. The predicted octanol–water partition coefficient (Wildman–Crippen LogP) is 22.0. The van der Waals surface area contributed by atoms with E-state index < -0.39 is 17.6 Å². The third kappa shape index (κ3) is 59.1. The van der Waals surface area contributed by atoms with Gasteiger partial charge >= 0.3 is 30.0 Å². The number of unbranched alkanes of at least 4 members (excludes halogenated alkanes) is 28. The predicted molar refractivity (Wildman–Crippen MR) is 456 cm³/mol. The van der Waals surface area contributed by atoms with Crippen LogP contribution in [-0.4, -0.2) is 165 Å². The summed E-state index contributed by atoms with van der Waals surface area (Å²) in [6.45, 7) is 29.4. The quantitative estimate of drug-likeness (QED) is 0.0313. The number of carbonyl (C=O) groups excluding carboxylic acids is 8. The van der Waals surface area contributed by atoms with E-state index in [1.807, 2.05) is 20.8 Å². The van der Waals surface area contributed by atoms with Gasteiger partial charge in [0.05, 0.1) is 0 Å². The summed E-state index contributed by atoms with van der Waals surface area (Å²) in [7, 11) is 1.66. The molecule has 19 heteroatoms. The molecule has 0 aliphatic rings. The Balaban J connectivity index is 3.18. The number of rotatable bonds is 75. The van der Waals surface area contributed by atoms with Crippen molar-refractivity contribution in [3.63, 3.8) is 0 Å². The zero-order valence-electron chi connectivity index (χ0n) is 73.3. The largest absolute Gasteiger partial charge is 0.462 e. The van der Waals surface area contributed by atoms with E-state index >= 15 is 0 Å². The van der Waals surface area contributed by atoms with Crippen molar-refractivity contribution in [3.05, 3.63) is 34.9 Å². The molecular formula is C92H168N6O13. The second-order valence-corrected chi connectivity index (χ2v) is 32.8. The number of ether oxygens (including phenoxy) is 5. The zero-order valence-corrected chi connectivity index (χ0v) is 73.3. The van der Waals surface area contributed by atoms with Gasteiger partial charge in [-0.05, 0) is 226 Å². The van der Waals surface area contributed by atoms with E-state index in [1.165, 1.54) is 30.6 Å². The number of nitrogens with one attached hydrogen (secondary N) is 3. The molecule has 644 valence electrons. The topological polar surface area (TPSA) is 229 Å². The van der Waals surface area contributed by atoms with E-state index in [0.29, 0.717) is 64.6 Å². The minimum absolute atomic E-state index is 0.0272. The monoisotopic (exact) mass is 1570 g/mol. The first-order valence-electron chi connectivity index (χ1n) is 45.8. The number of benzene rings is 1. The Bertz CT molecular complexity index is 2290. The van der Waals surface area contributed by atoms with Crippen LogP contribution in [0.5, 0.6) is 0 Å². The molecule has 0 bridgehead atoms. The molecule has 0 saturated heterocycles. The van der Waals surface area contributed by atoms with Crippen molar-refractivity contribution in [2.24, 2.45) is 0 Å². The third-order valence-electron chi connectivity index (χ3n) is 21.2. The summed E-state index contributed by atoms with van der Waals surface area (Å²) in [5.74, 6) is -1.44. The molecule has 4 atom stereocenters. The van der Waals surface area contributed by atoms with Gasteiger partial charge in [0, 0.05) is 75.6 Å². The number of nitrogens with zero attached hydrogens (tertiary/aromatic N) is 3. The fourth-order valence-corrected chi connectivity index (χ4v) is 14.1. The molecule has 0 radical (unpaired) electrons. The minimum Gasteiger partial charge on any atom is -0.462 e. The van der Waals surface area contributed by atoms with Crippen LogP contribution in [0.15, 0.2) is 18.2 Å². The molecule has 0 aromatic heterocycles. The average Bonchev–Trinajstić information content (AvgIpc) is 0.826. The van der Waals surface area contributed by atoms with Crippen LogP contribution in [0.25, 0.3) is 0 Å². The molecule has 1 aromatic rings. The van der Waals surface area contributed by atoms with Gasteiger partial charge in [-0.3, -0.25) is 33.6 Å². The maximum atomic E-state index is 14.2. The van der Waals surface area contributed by atoms with E-state index in [4.69, 9.17) is 23.7 Å². The SMILES string of the molecule is CCCCCC(CC)OC(=O)CCCCCCCCN(CCCCCCCCC(=O)OC(CC)CCCCC)CCCNC(=O)c1cc(C(=O)NCCCN(CCCCCCCCC(=O)OC(CC)CCCCC)CCCCCCCCC(=O)OC(CC)CCCCC)cc(C(=O)NCCCN(C)C(=O)OC(C)(C)C)c1. The summed E-state index contributed by atoms with van der Waals surface area (Å²) in [4.78, 5) is 112. The summed E-state index contributed by atoms with van der Waals surface area (Å²) in [6, 6.07) is 4.68. The number of amides is 4. The highest BCUT2D eigenvalue weighted by molar-refractivity contribution is 6.04. The normalized spacial score (nSPS) is 12.7. The van der Waals surface area contributed by atoms with Crippen LogP contribution in [0.3, 0.4) is 0 Å². The van der Waals surface area contributed by atoms with Crippen LogP contribution < -0.4 is 16.0 Å². The molecule has 4 amide bonds. The van der Waals surface area contributed by atoms with Crippen LogP contribution >= 0.6 is 0 Å². The lowest BCUT2D eigenvalue weighted by Gasteiger charge is -2.24. The highest BCUT2D eigenvalue weighted by Gasteiger charge is 2.23. The van der Waals surface area contributed by atoms with Gasteiger partial charge in [0.15, 0.2) is 0 Å². The van der Waals surface area contributed by atoms with E-state index in [9.17, 15) is 38.4 Å². The molecule has 19 nitrogen and oxygen atoms in total. The van der Waals surface area contributed by atoms with Crippen LogP contribution in [-0.2, 0) is 42.9 Å². The van der Waals surface area contributed by atoms with Crippen LogP contribution in [0.4, 0.5) is 4.79 Å². The Labute approximate surface area is 678 Å². The van der Waals surface area contributed by atoms with E-state index in [2.05, 4.69) is 81.1 Å². The summed E-state index contributed by atoms with van der Waals surface area (Å²) in [6.07, 6.45) is 49.2. The molecule has 0 spiro atoms. The van der Waals surface area contributed by atoms with Gasteiger partial charge in [-0.1, -0.05) is 209 Å². The molecule has 0 heterocycles. The third-order valence-corrected chi connectivity index (χ3v) is 21.2. The lowest BCUT2D eigenvalue weighted by atomic mass is 10.0. The maximum absolute atomic E-state index is 14.2. The zero-order chi connectivity index (χ0) is 81.8. The number of hydrogen-bond donors (Lipinski definition) is 3. The molecule has 0 aliphatic heterocycles. The van der Waals surface area contributed by atoms with Crippen molar-refractivity contribution in [3.8, 4) is 0 Å². The number of carbonyl (C=O) groups is 8. The standard InChI is InChI=1S/C92H168N6O13/c1-13-21-41-56-80(17-5)107-84(99)60-45-33-25-29-37-49-68-97(69-50-38-30-26-34-46-61-85(100)108-81(18-6)57-42-22-14-2)72-54-65-94-89(104)78-74-77(88(103)93-64-53-67-96(12)91(106)111-92(9,10)11)75-79(76-78)90(105)95-66-55-73-98(70-51-39-31-27-35-47-62-86(101)109-82(19-7)58-43-23-15-3)71-52-40-32-28-36-48-63-87(102)110-83(20-8)59-44-24-16-4/h74-76,80-83H,13-73H2,1-12H3,(H,93,103)(H,94,104)(H,95,105). The Morgan fingerprint density at radius 2 is 0.532 bits per heavy atom. The van der Waals surface area contributed by atoms with Gasteiger partial charge in [-0.25, -0.2) is 4.79 Å². The van der Waals surface area contributed by atoms with Gasteiger partial charge in [0.25, 0.3) is 17.7 Å². The van der Waals surface area contributed by atoms with Crippen molar-refractivity contribution in [2.45, 2.75) is 434 Å². The highest BCUT2D eigenvalue weighted by atomic mass is 16.6. The summed E-state index contributed by atoms with van der Waals surface area (Å²) < 4.78 is 28.7. The molecule has 1 rings (SSSR count). The Morgan fingerprint density at radius 3 is 0.766 bits per heavy atom. The molecule has 1 aromatic carbocycles. The highest BCUT2D eigenvalue weighted by Crippen LogP contribution is 2.21. The van der Waals surface area contributed by atoms with Crippen molar-refractivity contribution < 1.29 is 62.0 Å². The van der Waals surface area contributed by atoms with Gasteiger partial charge < -0.3 is 54.3 Å². The Kier molecular flexibility index (Phi) is 65.5. The Hall–Kier alpha value is -5.30. The first-order valence-corrected chi connectivity index (χ1v) is 45.8. The van der Waals surface area contributed by atoms with Crippen molar-refractivity contribution in [1.82, 2.24) is 30.7 Å². The second-order valence-electron chi connectivity index (χ2n) is 32.8. The van der Waals surface area contributed by atoms with Gasteiger partial charge in [-0.15, -0.1) is 0 Å². The molecule has 0 saturated carbocycles. The number of hydrogen-bond acceptors (Lipinski definition) is 15. The smallest absolute Gasteiger partial charge is 0.410 e. The van der Waals surface area contributed by atoms with Gasteiger partial charge in [0.1, 0.15) is 30.0 Å². The maximum Gasteiger partial charge on any atom is 0.410 e. The summed E-state index contributed by atoms with van der Waals surface area (Å²) in [5.41, 5.74) is -0.0205. The van der Waals surface area contributed by atoms with Crippen molar-refractivity contribution in [1.29, 1.82) is 0 Å². The molecule has 0 fully saturated rings. The second kappa shape index (κ2) is 70.1. The van der Waals surface area contributed by atoms with Crippen molar-refractivity contribution >= 4 is 47.7 Å². The van der Waals surface area contributed by atoms with E-state index in [1.54, 1.807) is 25.2 Å². The van der Waals surface area contributed by atoms with Crippen molar-refractivity contribution in [2.75, 3.05) is 72.5 Å². The lowest BCUT2D eigenvalue weighted by molar-refractivity contribution is -0.150. The molecule has 0 aliphatic carbocycles. The van der Waals surface area contributed by atoms with Gasteiger partial charge in [0.2, 0.25) is 0 Å². The fraction of sp³-hybridized carbons (Fsp3) is 0.848. The van der Waals surface area contributed by atoms with E-state index in [-0.39, 0.29) is 83.3 Å². The molecular weight excluding hydrogens is 1400 g/mol. The van der Waals surface area contributed by atoms with Crippen LogP contribution in [0, 0.1) is 0 Å². The van der Waals surface area contributed by atoms with E-state index in [0.717, 1.165) is 296 Å². The summed E-state index contributed by atoms with van der Waals surface area (Å²) >= 11 is 0. The average molecular weight is 1570 g/mol. The molecule has 111 heavy (non-hydrogen) atoms. The Morgan fingerprint density at radius 1 is 0.306 bits per heavy atom. The molecule has 4 unspecified atom stereocenters. The van der Waals surface area contributed by atoms with Gasteiger partial charge in [-0.2, -0.15) is 0 Å². The fourth-order valence-electron chi connectivity index (χ4n) is 14.1. The van der Waals surface area contributed by atoms with Crippen LogP contribution in [0.1, 0.15) is 435 Å². The first-order chi connectivity index (χ1) is 53.6. The number of esters is 4. The molecule has 3 N–H and O–H groups in total. The minimum atomic E-state index is -0.646. The summed E-state index contributed by atoms with van der Waals surface area (Å²) in [5, 5.41) is 9.19.